The Morgan fingerprint density at radius 1 is 1.18 bits per heavy atom. The average Bonchev–Trinajstić information content (AvgIpc) is 2.54. The molecule has 0 atom stereocenters. The van der Waals surface area contributed by atoms with E-state index in [-0.39, 0.29) is 6.61 Å². The second kappa shape index (κ2) is 8.25. The number of halogens is 1. The molecule has 0 fully saturated rings. The van der Waals surface area contributed by atoms with Crippen LogP contribution in [-0.2, 0) is 11.3 Å². The van der Waals surface area contributed by atoms with Crippen LogP contribution in [0.2, 0.25) is 5.02 Å². The predicted octanol–water partition coefficient (Wildman–Crippen LogP) is 4.59. The van der Waals surface area contributed by atoms with Gasteiger partial charge < -0.3 is 10.1 Å². The van der Waals surface area contributed by atoms with Gasteiger partial charge in [0.2, 0.25) is 0 Å². The molecule has 1 amide bonds. The van der Waals surface area contributed by atoms with Gasteiger partial charge in [-0.3, -0.25) is 0 Å². The molecule has 2 rings (SSSR count). The lowest BCUT2D eigenvalue weighted by atomic mass is 10.1. The fourth-order valence-corrected chi connectivity index (χ4v) is 2.09. The molecule has 1 N–H and O–H groups in total. The van der Waals surface area contributed by atoms with Crippen molar-refractivity contribution in [3.8, 4) is 0 Å². The second-order valence-corrected chi connectivity index (χ2v) is 5.20. The highest BCUT2D eigenvalue weighted by Gasteiger charge is 2.01. The number of amides is 1. The van der Waals surface area contributed by atoms with Gasteiger partial charge in [0, 0.05) is 6.54 Å². The third-order valence-electron chi connectivity index (χ3n) is 3.10. The maximum Gasteiger partial charge on any atom is 0.407 e. The molecule has 0 aliphatic rings. The van der Waals surface area contributed by atoms with Crippen LogP contribution in [0.5, 0.6) is 0 Å². The van der Waals surface area contributed by atoms with Crippen LogP contribution in [0, 0.1) is 6.92 Å². The van der Waals surface area contributed by atoms with Gasteiger partial charge in [0.25, 0.3) is 0 Å². The molecule has 0 saturated carbocycles. The van der Waals surface area contributed by atoms with Gasteiger partial charge in [0.15, 0.2) is 0 Å². The molecule has 22 heavy (non-hydrogen) atoms. The lowest BCUT2D eigenvalue weighted by Gasteiger charge is -2.05. The first kappa shape index (κ1) is 16.1. The molecule has 0 heterocycles. The van der Waals surface area contributed by atoms with Crippen molar-refractivity contribution in [3.63, 3.8) is 0 Å². The van der Waals surface area contributed by atoms with Gasteiger partial charge in [-0.15, -0.1) is 0 Å². The minimum absolute atomic E-state index is 0.264. The van der Waals surface area contributed by atoms with Crippen molar-refractivity contribution in [2.24, 2.45) is 0 Å². The highest BCUT2D eigenvalue weighted by molar-refractivity contribution is 6.32. The summed E-state index contributed by atoms with van der Waals surface area (Å²) in [6, 6.07) is 15.4. The Morgan fingerprint density at radius 2 is 1.95 bits per heavy atom. The third kappa shape index (κ3) is 4.93. The summed E-state index contributed by atoms with van der Waals surface area (Å²) in [5, 5.41) is 3.39. The largest absolute Gasteiger partial charge is 0.445 e. The molecule has 0 saturated heterocycles. The predicted molar refractivity (Wildman–Crippen MR) is 89.9 cm³/mol. The number of nitrogens with one attached hydrogen (secondary N) is 1. The van der Waals surface area contributed by atoms with E-state index < -0.39 is 6.09 Å². The van der Waals surface area contributed by atoms with E-state index in [1.54, 1.807) is 0 Å². The van der Waals surface area contributed by atoms with Gasteiger partial charge in [0.1, 0.15) is 6.61 Å². The second-order valence-electron chi connectivity index (χ2n) is 4.82. The zero-order chi connectivity index (χ0) is 15.8. The molecule has 0 spiro atoms. The Hall–Kier alpha value is -2.26. The third-order valence-corrected chi connectivity index (χ3v) is 3.61. The van der Waals surface area contributed by atoms with Gasteiger partial charge in [-0.05, 0) is 23.6 Å². The molecule has 0 aliphatic carbocycles. The fourth-order valence-electron chi connectivity index (χ4n) is 1.90. The molecule has 2 aromatic carbocycles. The van der Waals surface area contributed by atoms with Crippen LogP contribution in [0.1, 0.15) is 16.7 Å². The van der Waals surface area contributed by atoms with Crippen molar-refractivity contribution < 1.29 is 9.53 Å². The van der Waals surface area contributed by atoms with Crippen molar-refractivity contribution in [1.82, 2.24) is 5.32 Å². The minimum Gasteiger partial charge on any atom is -0.445 e. The molecule has 2 aromatic rings. The first-order chi connectivity index (χ1) is 10.7. The van der Waals surface area contributed by atoms with E-state index in [9.17, 15) is 4.79 Å². The molecule has 0 aromatic heterocycles. The lowest BCUT2D eigenvalue weighted by molar-refractivity contribution is 0.141. The number of rotatable bonds is 5. The number of carbonyl (C=O) groups excluding carboxylic acids is 1. The average molecular weight is 316 g/mol. The van der Waals surface area contributed by atoms with Gasteiger partial charge in [-0.1, -0.05) is 72.3 Å². The number of benzene rings is 2. The summed E-state index contributed by atoms with van der Waals surface area (Å²) < 4.78 is 5.11. The van der Waals surface area contributed by atoms with E-state index in [1.165, 1.54) is 0 Å². The zero-order valence-electron chi connectivity index (χ0n) is 12.4. The lowest BCUT2D eigenvalue weighted by Crippen LogP contribution is -2.24. The van der Waals surface area contributed by atoms with Crippen molar-refractivity contribution in [3.05, 3.63) is 76.3 Å². The molecular weight excluding hydrogens is 298 g/mol. The summed E-state index contributed by atoms with van der Waals surface area (Å²) in [5.74, 6) is 0. The van der Waals surface area contributed by atoms with Crippen LogP contribution in [0.25, 0.3) is 6.08 Å². The van der Waals surface area contributed by atoms with E-state index in [0.717, 1.165) is 21.7 Å². The fraction of sp³-hybridized carbons (Fsp3) is 0.167. The first-order valence-electron chi connectivity index (χ1n) is 7.03. The summed E-state index contributed by atoms with van der Waals surface area (Å²) in [7, 11) is 0. The number of hydrogen-bond acceptors (Lipinski definition) is 2. The van der Waals surface area contributed by atoms with Crippen molar-refractivity contribution in [2.75, 3.05) is 6.54 Å². The molecule has 114 valence electrons. The quantitative estimate of drug-likeness (QED) is 0.876. The van der Waals surface area contributed by atoms with Crippen LogP contribution in [0.15, 0.2) is 54.6 Å². The van der Waals surface area contributed by atoms with Crippen LogP contribution < -0.4 is 5.32 Å². The maximum atomic E-state index is 11.6. The van der Waals surface area contributed by atoms with Gasteiger partial charge in [0.05, 0.1) is 5.02 Å². The molecule has 0 unspecified atom stereocenters. The summed E-state index contributed by atoms with van der Waals surface area (Å²) >= 11 is 6.19. The zero-order valence-corrected chi connectivity index (χ0v) is 13.1. The highest BCUT2D eigenvalue weighted by Crippen LogP contribution is 2.21. The van der Waals surface area contributed by atoms with Crippen LogP contribution in [0.4, 0.5) is 4.79 Å². The number of alkyl carbamates (subject to hydrolysis) is 1. The van der Waals surface area contributed by atoms with E-state index in [1.807, 2.05) is 67.6 Å². The SMILES string of the molecule is Cc1cccc(C=CCNC(=O)OCc2ccccc2)c1Cl. The van der Waals surface area contributed by atoms with E-state index in [2.05, 4.69) is 5.32 Å². The minimum atomic E-state index is -0.441. The topological polar surface area (TPSA) is 38.3 Å². The molecule has 0 radical (unpaired) electrons. The Kier molecular flexibility index (Phi) is 6.04. The summed E-state index contributed by atoms with van der Waals surface area (Å²) in [5.41, 5.74) is 2.92. The number of ether oxygens (including phenoxy) is 1. The molecule has 3 nitrogen and oxygen atoms in total. The van der Waals surface area contributed by atoms with Gasteiger partial charge in [-0.25, -0.2) is 4.79 Å². The smallest absolute Gasteiger partial charge is 0.407 e. The van der Waals surface area contributed by atoms with Crippen molar-refractivity contribution in [2.45, 2.75) is 13.5 Å². The number of carbonyl (C=O) groups is 1. The van der Waals surface area contributed by atoms with Crippen LogP contribution in [-0.4, -0.2) is 12.6 Å². The number of aryl methyl sites for hydroxylation is 1. The normalized spacial score (nSPS) is 10.6. The van der Waals surface area contributed by atoms with Crippen LogP contribution >= 0.6 is 11.6 Å². The van der Waals surface area contributed by atoms with Gasteiger partial charge in [-0.2, -0.15) is 0 Å². The summed E-state index contributed by atoms with van der Waals surface area (Å²) in [4.78, 5) is 11.6. The summed E-state index contributed by atoms with van der Waals surface area (Å²) in [6.45, 7) is 2.61. The van der Waals surface area contributed by atoms with Crippen molar-refractivity contribution >= 4 is 23.8 Å². The highest BCUT2D eigenvalue weighted by atomic mass is 35.5. The van der Waals surface area contributed by atoms with E-state index in [0.29, 0.717) is 6.54 Å². The molecule has 4 heteroatoms. The first-order valence-corrected chi connectivity index (χ1v) is 7.41. The molecule has 0 aliphatic heterocycles. The Bertz CT molecular complexity index is 653. The monoisotopic (exact) mass is 315 g/mol. The Labute approximate surface area is 135 Å². The Morgan fingerprint density at radius 3 is 2.73 bits per heavy atom. The standard InChI is InChI=1S/C18H18ClNO2/c1-14-7-5-10-16(17(14)19)11-6-12-20-18(21)22-13-15-8-3-2-4-9-15/h2-11H,12-13H2,1H3,(H,20,21). The van der Waals surface area contributed by atoms with Crippen LogP contribution in [0.3, 0.4) is 0 Å². The van der Waals surface area contributed by atoms with E-state index in [4.69, 9.17) is 16.3 Å². The Balaban J connectivity index is 1.75. The number of hydrogen-bond donors (Lipinski definition) is 1. The maximum absolute atomic E-state index is 11.6. The van der Waals surface area contributed by atoms with Crippen molar-refractivity contribution in [1.29, 1.82) is 0 Å². The summed E-state index contributed by atoms with van der Waals surface area (Å²) in [6.07, 6.45) is 3.28. The molecular formula is C18H18ClNO2. The van der Waals surface area contributed by atoms with E-state index >= 15 is 0 Å². The van der Waals surface area contributed by atoms with Gasteiger partial charge >= 0.3 is 6.09 Å². The molecule has 0 bridgehead atoms.